The molecule has 5 heteroatoms. The predicted molar refractivity (Wildman–Crippen MR) is 65.2 cm³/mol. The highest BCUT2D eigenvalue weighted by molar-refractivity contribution is 5.89. The Balaban J connectivity index is 2.97. The Morgan fingerprint density at radius 3 is 2.67 bits per heavy atom. The lowest BCUT2D eigenvalue weighted by atomic mass is 10.1. The third kappa shape index (κ3) is 1.74. The van der Waals surface area contributed by atoms with Gasteiger partial charge in [0.25, 0.3) is 5.56 Å². The number of carbonyl (C=O) groups is 1. The molecule has 0 spiro atoms. The fourth-order valence-electron chi connectivity index (χ4n) is 1.82. The van der Waals surface area contributed by atoms with Gasteiger partial charge in [-0.15, -0.1) is 0 Å². The van der Waals surface area contributed by atoms with Crippen molar-refractivity contribution in [3.63, 3.8) is 0 Å². The van der Waals surface area contributed by atoms with E-state index in [-0.39, 0.29) is 11.3 Å². The third-order valence-corrected chi connectivity index (χ3v) is 2.61. The lowest BCUT2D eigenvalue weighted by Crippen LogP contribution is -2.22. The molecule has 0 aliphatic carbocycles. The first-order valence-corrected chi connectivity index (χ1v) is 5.26. The van der Waals surface area contributed by atoms with Crippen molar-refractivity contribution in [2.75, 3.05) is 0 Å². The van der Waals surface area contributed by atoms with Gasteiger partial charge in [0, 0.05) is 19.4 Å². The first-order chi connectivity index (χ1) is 8.56. The van der Waals surface area contributed by atoms with E-state index >= 15 is 0 Å². The summed E-state index contributed by atoms with van der Waals surface area (Å²) in [7, 11) is 1.57. The molecule has 2 rings (SSSR count). The molecule has 0 atom stereocenters. The molecular formula is C13H10N2O3. The Morgan fingerprint density at radius 1 is 1.39 bits per heavy atom. The predicted octanol–water partition coefficient (Wildman–Crippen LogP) is 1.34. The second kappa shape index (κ2) is 4.34. The van der Waals surface area contributed by atoms with Gasteiger partial charge in [-0.25, -0.2) is 0 Å². The topological polar surface area (TPSA) is 72.1 Å². The largest absolute Gasteiger partial charge is 0.424 e. The lowest BCUT2D eigenvalue weighted by Gasteiger charge is -2.11. The van der Waals surface area contributed by atoms with Crippen molar-refractivity contribution in [3.8, 4) is 11.8 Å². The summed E-state index contributed by atoms with van der Waals surface area (Å²) in [4.78, 5) is 23.0. The maximum absolute atomic E-state index is 12.0. The smallest absolute Gasteiger partial charge is 0.308 e. The van der Waals surface area contributed by atoms with E-state index in [9.17, 15) is 9.59 Å². The van der Waals surface area contributed by atoms with Gasteiger partial charge in [0.1, 0.15) is 6.07 Å². The maximum atomic E-state index is 12.0. The van der Waals surface area contributed by atoms with Crippen molar-refractivity contribution in [3.05, 3.63) is 40.2 Å². The van der Waals surface area contributed by atoms with Gasteiger partial charge in [0.15, 0.2) is 11.3 Å². The molecular weight excluding hydrogens is 232 g/mol. The monoisotopic (exact) mass is 242 g/mol. The molecule has 0 fully saturated rings. The first kappa shape index (κ1) is 11.9. The van der Waals surface area contributed by atoms with Gasteiger partial charge in [-0.1, -0.05) is 12.1 Å². The quantitative estimate of drug-likeness (QED) is 0.707. The van der Waals surface area contributed by atoms with Crippen molar-refractivity contribution in [2.45, 2.75) is 6.92 Å². The molecule has 0 aliphatic heterocycles. The van der Waals surface area contributed by atoms with Gasteiger partial charge in [0.05, 0.1) is 5.52 Å². The number of esters is 1. The van der Waals surface area contributed by atoms with Gasteiger partial charge in [-0.05, 0) is 12.1 Å². The molecule has 18 heavy (non-hydrogen) atoms. The number of para-hydroxylation sites is 1. The molecule has 0 amide bonds. The number of ether oxygens (including phenoxy) is 1. The van der Waals surface area contributed by atoms with Crippen LogP contribution in [0.3, 0.4) is 0 Å². The minimum Gasteiger partial charge on any atom is -0.424 e. The molecule has 2 aromatic rings. The standard InChI is InChI=1S/C13H10N2O3/c1-8(16)18-12-9-5-3-4-6-11(9)15(2)13(17)10(12)7-14/h3-6H,1-2H3. The molecule has 0 radical (unpaired) electrons. The Labute approximate surface area is 103 Å². The number of aryl methyl sites for hydroxylation is 1. The summed E-state index contributed by atoms with van der Waals surface area (Å²) in [5, 5.41) is 9.60. The van der Waals surface area contributed by atoms with Crippen LogP contribution in [-0.2, 0) is 11.8 Å². The lowest BCUT2D eigenvalue weighted by molar-refractivity contribution is -0.131. The van der Waals surface area contributed by atoms with Crippen molar-refractivity contribution >= 4 is 16.9 Å². The second-order valence-electron chi connectivity index (χ2n) is 3.79. The van der Waals surface area contributed by atoms with E-state index < -0.39 is 11.5 Å². The number of nitrogens with zero attached hydrogens (tertiary/aromatic N) is 2. The van der Waals surface area contributed by atoms with Crippen LogP contribution in [0.1, 0.15) is 12.5 Å². The number of pyridine rings is 1. The highest BCUT2D eigenvalue weighted by Gasteiger charge is 2.17. The molecule has 0 unspecified atom stereocenters. The van der Waals surface area contributed by atoms with Crippen molar-refractivity contribution in [1.29, 1.82) is 5.26 Å². The van der Waals surface area contributed by atoms with Crippen LogP contribution in [0.15, 0.2) is 29.1 Å². The van der Waals surface area contributed by atoms with Crippen LogP contribution in [-0.4, -0.2) is 10.5 Å². The average molecular weight is 242 g/mol. The number of hydrogen-bond donors (Lipinski definition) is 0. The zero-order chi connectivity index (χ0) is 13.3. The van der Waals surface area contributed by atoms with Crippen molar-refractivity contribution in [1.82, 2.24) is 4.57 Å². The minimum atomic E-state index is -0.565. The molecule has 1 aromatic carbocycles. The highest BCUT2D eigenvalue weighted by atomic mass is 16.5. The van der Waals surface area contributed by atoms with Crippen LogP contribution in [0.5, 0.6) is 5.75 Å². The second-order valence-corrected chi connectivity index (χ2v) is 3.79. The number of hydrogen-bond acceptors (Lipinski definition) is 4. The zero-order valence-electron chi connectivity index (χ0n) is 9.93. The van der Waals surface area contributed by atoms with Gasteiger partial charge in [-0.2, -0.15) is 5.26 Å². The SMILES string of the molecule is CC(=O)Oc1c(C#N)c(=O)n(C)c2ccccc12. The zero-order valence-corrected chi connectivity index (χ0v) is 9.93. The number of carbonyl (C=O) groups excluding carboxylic acids is 1. The van der Waals surface area contributed by atoms with Crippen LogP contribution in [0, 0.1) is 11.3 Å². The van der Waals surface area contributed by atoms with Gasteiger partial charge < -0.3 is 9.30 Å². The van der Waals surface area contributed by atoms with Crippen LogP contribution in [0.4, 0.5) is 0 Å². The fraction of sp³-hybridized carbons (Fsp3) is 0.154. The summed E-state index contributed by atoms with van der Waals surface area (Å²) in [5.74, 6) is -0.534. The Bertz CT molecular complexity index is 738. The fourth-order valence-corrected chi connectivity index (χ4v) is 1.82. The number of rotatable bonds is 1. The summed E-state index contributed by atoms with van der Waals surface area (Å²) < 4.78 is 6.37. The summed E-state index contributed by atoms with van der Waals surface area (Å²) in [6.45, 7) is 1.23. The van der Waals surface area contributed by atoms with Crippen LogP contribution < -0.4 is 10.3 Å². The molecule has 0 N–H and O–H groups in total. The maximum Gasteiger partial charge on any atom is 0.308 e. The molecule has 0 saturated carbocycles. The Hall–Kier alpha value is -2.61. The number of fused-ring (bicyclic) bond motifs is 1. The molecule has 5 nitrogen and oxygen atoms in total. The van der Waals surface area contributed by atoms with E-state index in [1.54, 1.807) is 37.4 Å². The van der Waals surface area contributed by atoms with E-state index in [0.29, 0.717) is 10.9 Å². The van der Waals surface area contributed by atoms with Gasteiger partial charge in [0.2, 0.25) is 0 Å². The van der Waals surface area contributed by atoms with Gasteiger partial charge in [-0.3, -0.25) is 9.59 Å². The minimum absolute atomic E-state index is 0.0312. The van der Waals surface area contributed by atoms with Crippen LogP contribution >= 0.6 is 0 Å². The molecule has 1 heterocycles. The summed E-state index contributed by atoms with van der Waals surface area (Å²) in [5.41, 5.74) is -0.0309. The van der Waals surface area contributed by atoms with E-state index in [2.05, 4.69) is 0 Å². The molecule has 0 aliphatic rings. The van der Waals surface area contributed by atoms with E-state index in [1.807, 2.05) is 0 Å². The van der Waals surface area contributed by atoms with E-state index in [0.717, 1.165) is 0 Å². The average Bonchev–Trinajstić information content (AvgIpc) is 2.35. The third-order valence-electron chi connectivity index (χ3n) is 2.61. The number of benzene rings is 1. The highest BCUT2D eigenvalue weighted by Crippen LogP contribution is 2.26. The normalized spacial score (nSPS) is 10.1. The molecule has 1 aromatic heterocycles. The van der Waals surface area contributed by atoms with E-state index in [1.165, 1.54) is 11.5 Å². The Kier molecular flexibility index (Phi) is 2.86. The molecule has 0 bridgehead atoms. The van der Waals surface area contributed by atoms with Crippen LogP contribution in [0.2, 0.25) is 0 Å². The molecule has 90 valence electrons. The summed E-state index contributed by atoms with van der Waals surface area (Å²) in [6.07, 6.45) is 0. The summed E-state index contributed by atoms with van der Waals surface area (Å²) >= 11 is 0. The Morgan fingerprint density at radius 2 is 2.06 bits per heavy atom. The number of nitriles is 1. The summed E-state index contributed by atoms with van der Waals surface area (Å²) in [6, 6.07) is 8.74. The van der Waals surface area contributed by atoms with E-state index in [4.69, 9.17) is 10.00 Å². The van der Waals surface area contributed by atoms with Gasteiger partial charge >= 0.3 is 5.97 Å². The van der Waals surface area contributed by atoms with Crippen LogP contribution in [0.25, 0.3) is 10.9 Å². The first-order valence-electron chi connectivity index (χ1n) is 5.26. The molecule has 0 saturated heterocycles. The van der Waals surface area contributed by atoms with Crippen molar-refractivity contribution in [2.24, 2.45) is 7.05 Å². The van der Waals surface area contributed by atoms with Crippen molar-refractivity contribution < 1.29 is 9.53 Å². The number of aromatic nitrogens is 1.